The molecule has 14 heavy (non-hydrogen) atoms. The second kappa shape index (κ2) is 4.79. The van der Waals surface area contributed by atoms with Crippen molar-refractivity contribution >= 4 is 28.7 Å². The summed E-state index contributed by atoms with van der Waals surface area (Å²) >= 11 is 3.93. The number of aliphatic imine (C=N–C) groups is 1. The highest BCUT2D eigenvalue weighted by Crippen LogP contribution is 2.25. The van der Waals surface area contributed by atoms with Crippen LogP contribution in [-0.2, 0) is 0 Å². The lowest BCUT2D eigenvalue weighted by Gasteiger charge is -2.27. The first-order valence-electron chi connectivity index (χ1n) is 5.33. The number of nitrogens with zero attached hydrogens (tertiary/aromatic N) is 1. The fraction of sp³-hybridized carbons (Fsp3) is 0.900. The number of hydrogen-bond donors (Lipinski definition) is 1. The van der Waals surface area contributed by atoms with Gasteiger partial charge in [0.05, 0.1) is 6.04 Å². The summed E-state index contributed by atoms with van der Waals surface area (Å²) in [5, 5.41) is 5.38. The van der Waals surface area contributed by atoms with Crippen molar-refractivity contribution < 1.29 is 0 Å². The molecule has 3 unspecified atom stereocenters. The van der Waals surface area contributed by atoms with Gasteiger partial charge in [0.1, 0.15) is 0 Å². The van der Waals surface area contributed by atoms with Crippen molar-refractivity contribution in [1.82, 2.24) is 5.32 Å². The molecule has 4 heteroatoms. The first-order valence-corrected chi connectivity index (χ1v) is 7.36. The summed E-state index contributed by atoms with van der Waals surface area (Å²) in [6, 6.07) is 1.17. The molecule has 0 aliphatic carbocycles. The largest absolute Gasteiger partial charge is 0.362 e. The third-order valence-electron chi connectivity index (χ3n) is 2.57. The molecule has 2 fully saturated rings. The number of hydrogen-bond acceptors (Lipinski definition) is 3. The Labute approximate surface area is 94.7 Å². The molecule has 2 nitrogen and oxygen atoms in total. The number of thioether (sulfide) groups is 2. The lowest BCUT2D eigenvalue weighted by molar-refractivity contribution is 0.594. The van der Waals surface area contributed by atoms with E-state index in [1.165, 1.54) is 29.5 Å². The van der Waals surface area contributed by atoms with Crippen molar-refractivity contribution in [2.45, 2.75) is 44.0 Å². The molecule has 0 aromatic heterocycles. The van der Waals surface area contributed by atoms with Gasteiger partial charge in [0.2, 0.25) is 0 Å². The van der Waals surface area contributed by atoms with E-state index in [1.54, 1.807) is 0 Å². The van der Waals surface area contributed by atoms with Crippen molar-refractivity contribution in [2.24, 2.45) is 4.99 Å². The Kier molecular flexibility index (Phi) is 3.66. The topological polar surface area (TPSA) is 24.4 Å². The minimum Gasteiger partial charge on any atom is -0.362 e. The van der Waals surface area contributed by atoms with Crippen LogP contribution < -0.4 is 5.32 Å². The van der Waals surface area contributed by atoms with Crippen LogP contribution in [0.2, 0.25) is 0 Å². The quantitative estimate of drug-likeness (QED) is 0.748. The third kappa shape index (κ3) is 2.83. The van der Waals surface area contributed by atoms with Crippen LogP contribution in [0.3, 0.4) is 0 Å². The van der Waals surface area contributed by atoms with E-state index in [2.05, 4.69) is 19.2 Å². The minimum atomic E-state index is 0.576. The second-order valence-corrected chi connectivity index (χ2v) is 6.74. The summed E-state index contributed by atoms with van der Waals surface area (Å²) in [5.41, 5.74) is 0. The monoisotopic (exact) mass is 230 g/mol. The molecule has 1 N–H and O–H groups in total. The van der Waals surface area contributed by atoms with Gasteiger partial charge in [0, 0.05) is 17.0 Å². The van der Waals surface area contributed by atoms with E-state index in [0.29, 0.717) is 12.1 Å². The maximum absolute atomic E-state index is 4.78. The first kappa shape index (κ1) is 10.7. The van der Waals surface area contributed by atoms with Gasteiger partial charge in [-0.3, -0.25) is 4.99 Å². The van der Waals surface area contributed by atoms with Gasteiger partial charge in [-0.05, 0) is 25.5 Å². The summed E-state index contributed by atoms with van der Waals surface area (Å²) in [6.45, 7) is 4.54. The van der Waals surface area contributed by atoms with Crippen LogP contribution in [0.5, 0.6) is 0 Å². The molecule has 3 atom stereocenters. The first-order chi connectivity index (χ1) is 6.74. The van der Waals surface area contributed by atoms with E-state index >= 15 is 0 Å². The molecule has 0 bridgehead atoms. The highest BCUT2D eigenvalue weighted by Gasteiger charge is 2.22. The predicted octanol–water partition coefficient (Wildman–Crippen LogP) is 2.35. The predicted molar refractivity (Wildman–Crippen MR) is 67.4 cm³/mol. The van der Waals surface area contributed by atoms with Crippen molar-refractivity contribution in [3.63, 3.8) is 0 Å². The number of nitrogens with one attached hydrogen (secondary N) is 1. The molecule has 0 amide bonds. The fourth-order valence-corrected chi connectivity index (χ4v) is 4.26. The van der Waals surface area contributed by atoms with Crippen molar-refractivity contribution in [3.8, 4) is 0 Å². The van der Waals surface area contributed by atoms with E-state index in [1.807, 2.05) is 23.5 Å². The normalized spacial score (nSPS) is 41.3. The molecule has 2 saturated heterocycles. The van der Waals surface area contributed by atoms with E-state index in [4.69, 9.17) is 4.99 Å². The Morgan fingerprint density at radius 1 is 1.43 bits per heavy atom. The maximum atomic E-state index is 4.78. The zero-order chi connectivity index (χ0) is 9.97. The van der Waals surface area contributed by atoms with Crippen LogP contribution in [0.25, 0.3) is 0 Å². The molecule has 0 saturated carbocycles. The standard InChI is InChI=1S/C10H18N2S2/c1-7-5-8(2)14-10(11-7)12-9-3-4-13-6-9/h7-9H,3-6H2,1-2H3,(H,11,12). The lowest BCUT2D eigenvalue weighted by Crippen LogP contribution is -2.39. The smallest absolute Gasteiger partial charge is 0.157 e. The summed E-state index contributed by atoms with van der Waals surface area (Å²) in [7, 11) is 0. The molecule has 0 aromatic carbocycles. The van der Waals surface area contributed by atoms with E-state index in [9.17, 15) is 0 Å². The zero-order valence-corrected chi connectivity index (χ0v) is 10.5. The van der Waals surface area contributed by atoms with Crippen molar-refractivity contribution in [1.29, 1.82) is 0 Å². The van der Waals surface area contributed by atoms with Crippen LogP contribution in [0, 0.1) is 0 Å². The van der Waals surface area contributed by atoms with Gasteiger partial charge in [0.25, 0.3) is 0 Å². The Morgan fingerprint density at radius 3 is 2.93 bits per heavy atom. The van der Waals surface area contributed by atoms with Gasteiger partial charge in [-0.1, -0.05) is 18.7 Å². The zero-order valence-electron chi connectivity index (χ0n) is 8.82. The van der Waals surface area contributed by atoms with Crippen LogP contribution in [-0.4, -0.2) is 34.0 Å². The maximum Gasteiger partial charge on any atom is 0.157 e. The number of amidine groups is 1. The Hall–Kier alpha value is 0.170. The third-order valence-corrected chi connectivity index (χ3v) is 4.76. The Bertz CT molecular complexity index is 212. The molecule has 2 aliphatic heterocycles. The van der Waals surface area contributed by atoms with E-state index in [-0.39, 0.29) is 0 Å². The molecule has 80 valence electrons. The minimum absolute atomic E-state index is 0.576. The molecule has 2 heterocycles. The molecular weight excluding hydrogens is 212 g/mol. The van der Waals surface area contributed by atoms with Crippen molar-refractivity contribution in [2.75, 3.05) is 11.5 Å². The van der Waals surface area contributed by atoms with Gasteiger partial charge < -0.3 is 5.32 Å². The van der Waals surface area contributed by atoms with E-state index in [0.717, 1.165) is 5.25 Å². The molecule has 0 radical (unpaired) electrons. The Morgan fingerprint density at radius 2 is 2.29 bits per heavy atom. The highest BCUT2D eigenvalue weighted by molar-refractivity contribution is 8.14. The van der Waals surface area contributed by atoms with Gasteiger partial charge in [-0.2, -0.15) is 11.8 Å². The van der Waals surface area contributed by atoms with Crippen LogP contribution in [0.1, 0.15) is 26.7 Å². The van der Waals surface area contributed by atoms with Crippen molar-refractivity contribution in [3.05, 3.63) is 0 Å². The summed E-state index contributed by atoms with van der Waals surface area (Å²) in [4.78, 5) is 4.78. The SMILES string of the molecule is CC1CC(C)SC(=NC2CCSC2)N1. The molecule has 0 spiro atoms. The average Bonchev–Trinajstić information content (AvgIpc) is 2.54. The second-order valence-electron chi connectivity index (χ2n) is 4.16. The Balaban J connectivity index is 1.94. The average molecular weight is 230 g/mol. The fourth-order valence-electron chi connectivity index (χ4n) is 1.90. The van der Waals surface area contributed by atoms with Crippen LogP contribution in [0.4, 0.5) is 0 Å². The molecule has 2 rings (SSSR count). The van der Waals surface area contributed by atoms with Gasteiger partial charge in [-0.15, -0.1) is 0 Å². The van der Waals surface area contributed by atoms with Gasteiger partial charge in [0.15, 0.2) is 5.17 Å². The van der Waals surface area contributed by atoms with Crippen LogP contribution in [0.15, 0.2) is 4.99 Å². The summed E-state index contributed by atoms with van der Waals surface area (Å²) in [6.07, 6.45) is 2.52. The molecular formula is C10H18N2S2. The van der Waals surface area contributed by atoms with Gasteiger partial charge >= 0.3 is 0 Å². The highest BCUT2D eigenvalue weighted by atomic mass is 32.2. The van der Waals surface area contributed by atoms with E-state index < -0.39 is 0 Å². The number of rotatable bonds is 1. The van der Waals surface area contributed by atoms with Gasteiger partial charge in [-0.25, -0.2) is 0 Å². The van der Waals surface area contributed by atoms with Crippen LogP contribution >= 0.6 is 23.5 Å². The lowest BCUT2D eigenvalue weighted by atomic mass is 10.2. The molecule has 0 aromatic rings. The molecule has 2 aliphatic rings. The summed E-state index contributed by atoms with van der Waals surface area (Å²) in [5.74, 6) is 2.51. The summed E-state index contributed by atoms with van der Waals surface area (Å²) < 4.78 is 0.